The molecule has 1 heterocycles. The van der Waals surface area contributed by atoms with Gasteiger partial charge in [-0.05, 0) is 20.3 Å². The van der Waals surface area contributed by atoms with E-state index in [-0.39, 0.29) is 12.0 Å². The molecule has 1 aromatic heterocycles. The van der Waals surface area contributed by atoms with Crippen molar-refractivity contribution in [3.63, 3.8) is 0 Å². The second kappa shape index (κ2) is 4.93. The molecule has 0 aromatic carbocycles. The minimum absolute atomic E-state index is 0.0677. The maximum Gasteiger partial charge on any atom is 0.257 e. The highest BCUT2D eigenvalue weighted by Gasteiger charge is 2.15. The molecule has 5 nitrogen and oxygen atoms in total. The van der Waals surface area contributed by atoms with Crippen molar-refractivity contribution in [3.05, 3.63) is 17.5 Å². The standard InChI is InChI=1S/C10H17N3O2/c1-7(14)4-5-13(3)10(15)9-6-11-12-8(9)2/h6-7,14H,4-5H2,1-3H3,(H,11,12). The number of carbonyl (C=O) groups is 1. The van der Waals surface area contributed by atoms with Gasteiger partial charge in [0.05, 0.1) is 17.9 Å². The number of aryl methyl sites for hydroxylation is 1. The molecule has 0 saturated carbocycles. The molecular weight excluding hydrogens is 194 g/mol. The van der Waals surface area contributed by atoms with Gasteiger partial charge in [0.15, 0.2) is 0 Å². The van der Waals surface area contributed by atoms with Crippen molar-refractivity contribution in [1.82, 2.24) is 15.1 Å². The molecule has 5 heteroatoms. The predicted octanol–water partition coefficient (Wildman–Crippen LogP) is 0.561. The molecule has 0 fully saturated rings. The smallest absolute Gasteiger partial charge is 0.257 e. The van der Waals surface area contributed by atoms with Crippen molar-refractivity contribution in [3.8, 4) is 0 Å². The number of nitrogens with zero attached hydrogens (tertiary/aromatic N) is 2. The number of aromatic nitrogens is 2. The van der Waals surface area contributed by atoms with E-state index in [0.29, 0.717) is 18.5 Å². The van der Waals surface area contributed by atoms with Crippen LogP contribution in [-0.2, 0) is 0 Å². The number of aromatic amines is 1. The van der Waals surface area contributed by atoms with E-state index in [1.807, 2.05) is 6.92 Å². The average Bonchev–Trinajstić information content (AvgIpc) is 2.59. The quantitative estimate of drug-likeness (QED) is 0.764. The van der Waals surface area contributed by atoms with Gasteiger partial charge < -0.3 is 10.0 Å². The van der Waals surface area contributed by atoms with Crippen molar-refractivity contribution in [2.24, 2.45) is 0 Å². The third-order valence-corrected chi connectivity index (χ3v) is 2.29. The minimum atomic E-state index is -0.384. The van der Waals surface area contributed by atoms with E-state index in [4.69, 9.17) is 5.11 Å². The fourth-order valence-corrected chi connectivity index (χ4v) is 1.25. The van der Waals surface area contributed by atoms with Crippen LogP contribution in [0.4, 0.5) is 0 Å². The van der Waals surface area contributed by atoms with Gasteiger partial charge in [0, 0.05) is 19.3 Å². The minimum Gasteiger partial charge on any atom is -0.393 e. The zero-order chi connectivity index (χ0) is 11.4. The summed E-state index contributed by atoms with van der Waals surface area (Å²) in [5, 5.41) is 15.6. The van der Waals surface area contributed by atoms with Gasteiger partial charge in [-0.3, -0.25) is 9.89 Å². The highest BCUT2D eigenvalue weighted by atomic mass is 16.3. The van der Waals surface area contributed by atoms with Crippen LogP contribution in [-0.4, -0.2) is 45.8 Å². The molecular formula is C10H17N3O2. The Morgan fingerprint density at radius 2 is 2.40 bits per heavy atom. The van der Waals surface area contributed by atoms with Gasteiger partial charge in [0.25, 0.3) is 5.91 Å². The van der Waals surface area contributed by atoms with E-state index < -0.39 is 0 Å². The number of hydrogen-bond acceptors (Lipinski definition) is 3. The normalized spacial score (nSPS) is 12.5. The summed E-state index contributed by atoms with van der Waals surface area (Å²) >= 11 is 0. The van der Waals surface area contributed by atoms with Gasteiger partial charge >= 0.3 is 0 Å². The van der Waals surface area contributed by atoms with Crippen molar-refractivity contribution < 1.29 is 9.90 Å². The number of hydrogen-bond donors (Lipinski definition) is 2. The Labute approximate surface area is 89.1 Å². The van der Waals surface area contributed by atoms with Crippen LogP contribution in [0.25, 0.3) is 0 Å². The van der Waals surface area contributed by atoms with E-state index in [0.717, 1.165) is 5.69 Å². The van der Waals surface area contributed by atoms with Crippen molar-refractivity contribution in [1.29, 1.82) is 0 Å². The Kier molecular flexibility index (Phi) is 3.85. The van der Waals surface area contributed by atoms with Crippen LogP contribution < -0.4 is 0 Å². The molecule has 0 aliphatic heterocycles. The summed E-state index contributed by atoms with van der Waals surface area (Å²) in [6.07, 6.45) is 1.72. The third-order valence-electron chi connectivity index (χ3n) is 2.29. The molecule has 84 valence electrons. The first-order valence-electron chi connectivity index (χ1n) is 4.96. The fourth-order valence-electron chi connectivity index (χ4n) is 1.25. The summed E-state index contributed by atoms with van der Waals surface area (Å²) in [4.78, 5) is 13.4. The lowest BCUT2D eigenvalue weighted by Crippen LogP contribution is -2.29. The molecule has 1 rings (SSSR count). The number of aliphatic hydroxyl groups excluding tert-OH is 1. The Hall–Kier alpha value is -1.36. The Morgan fingerprint density at radius 1 is 1.73 bits per heavy atom. The number of H-pyrrole nitrogens is 1. The van der Waals surface area contributed by atoms with Crippen LogP contribution in [0.15, 0.2) is 6.20 Å². The summed E-state index contributed by atoms with van der Waals surface area (Å²) in [6.45, 7) is 4.06. The Balaban J connectivity index is 2.57. The molecule has 1 atom stereocenters. The second-order valence-corrected chi connectivity index (χ2v) is 3.77. The lowest BCUT2D eigenvalue weighted by molar-refractivity contribution is 0.0768. The van der Waals surface area contributed by atoms with Gasteiger partial charge in [-0.15, -0.1) is 0 Å². The van der Waals surface area contributed by atoms with Gasteiger partial charge in [-0.1, -0.05) is 0 Å². The molecule has 1 amide bonds. The van der Waals surface area contributed by atoms with E-state index in [1.165, 1.54) is 6.20 Å². The first-order chi connectivity index (χ1) is 7.02. The summed E-state index contributed by atoms with van der Waals surface area (Å²) in [5.74, 6) is -0.0677. The topological polar surface area (TPSA) is 69.2 Å². The van der Waals surface area contributed by atoms with Crippen LogP contribution in [0.1, 0.15) is 29.4 Å². The fraction of sp³-hybridized carbons (Fsp3) is 0.600. The number of carbonyl (C=O) groups excluding carboxylic acids is 1. The van der Waals surface area contributed by atoms with E-state index in [1.54, 1.807) is 18.9 Å². The molecule has 0 aliphatic rings. The first kappa shape index (κ1) is 11.7. The molecule has 1 unspecified atom stereocenters. The third kappa shape index (κ3) is 3.06. The Bertz CT molecular complexity index is 333. The largest absolute Gasteiger partial charge is 0.393 e. The van der Waals surface area contributed by atoms with E-state index in [2.05, 4.69) is 10.2 Å². The molecule has 0 radical (unpaired) electrons. The molecule has 15 heavy (non-hydrogen) atoms. The molecule has 1 aromatic rings. The van der Waals surface area contributed by atoms with Crippen LogP contribution in [0.2, 0.25) is 0 Å². The lowest BCUT2D eigenvalue weighted by Gasteiger charge is -2.17. The zero-order valence-corrected chi connectivity index (χ0v) is 9.32. The van der Waals surface area contributed by atoms with Crippen molar-refractivity contribution in [2.45, 2.75) is 26.4 Å². The van der Waals surface area contributed by atoms with E-state index in [9.17, 15) is 4.79 Å². The van der Waals surface area contributed by atoms with E-state index >= 15 is 0 Å². The summed E-state index contributed by atoms with van der Waals surface area (Å²) in [6, 6.07) is 0. The van der Waals surface area contributed by atoms with Crippen molar-refractivity contribution in [2.75, 3.05) is 13.6 Å². The van der Waals surface area contributed by atoms with Gasteiger partial charge in [0.2, 0.25) is 0 Å². The molecule has 0 spiro atoms. The first-order valence-corrected chi connectivity index (χ1v) is 4.96. The summed E-state index contributed by atoms with van der Waals surface area (Å²) < 4.78 is 0. The number of rotatable bonds is 4. The highest BCUT2D eigenvalue weighted by molar-refractivity contribution is 5.94. The molecule has 2 N–H and O–H groups in total. The number of amides is 1. The monoisotopic (exact) mass is 211 g/mol. The van der Waals surface area contributed by atoms with Crippen LogP contribution in [0.5, 0.6) is 0 Å². The maximum atomic E-state index is 11.8. The maximum absolute atomic E-state index is 11.8. The van der Waals surface area contributed by atoms with Gasteiger partial charge in [-0.2, -0.15) is 5.10 Å². The van der Waals surface area contributed by atoms with Crippen molar-refractivity contribution >= 4 is 5.91 Å². The van der Waals surface area contributed by atoms with Crippen LogP contribution >= 0.6 is 0 Å². The van der Waals surface area contributed by atoms with Crippen LogP contribution in [0, 0.1) is 6.92 Å². The predicted molar refractivity (Wildman–Crippen MR) is 56.6 cm³/mol. The van der Waals surface area contributed by atoms with Crippen LogP contribution in [0.3, 0.4) is 0 Å². The molecule has 0 bridgehead atoms. The number of aliphatic hydroxyl groups is 1. The van der Waals surface area contributed by atoms with Gasteiger partial charge in [-0.25, -0.2) is 0 Å². The molecule has 0 saturated heterocycles. The lowest BCUT2D eigenvalue weighted by atomic mass is 10.2. The highest BCUT2D eigenvalue weighted by Crippen LogP contribution is 2.06. The second-order valence-electron chi connectivity index (χ2n) is 3.77. The zero-order valence-electron chi connectivity index (χ0n) is 9.32. The summed E-state index contributed by atoms with van der Waals surface area (Å²) in [7, 11) is 1.72. The average molecular weight is 211 g/mol. The van der Waals surface area contributed by atoms with Gasteiger partial charge in [0.1, 0.15) is 0 Å². The number of nitrogens with one attached hydrogen (secondary N) is 1. The summed E-state index contributed by atoms with van der Waals surface area (Å²) in [5.41, 5.74) is 1.35. The Morgan fingerprint density at radius 3 is 2.87 bits per heavy atom. The molecule has 0 aliphatic carbocycles. The SMILES string of the molecule is Cc1[nH]ncc1C(=O)N(C)CCC(C)O.